The summed E-state index contributed by atoms with van der Waals surface area (Å²) in [6.45, 7) is 3.25. The number of aromatic nitrogens is 1. The molecule has 6 nitrogen and oxygen atoms in total. The maximum Gasteiger partial charge on any atom is 0.326 e. The van der Waals surface area contributed by atoms with Crippen molar-refractivity contribution in [3.63, 3.8) is 0 Å². The van der Waals surface area contributed by atoms with E-state index in [1.54, 1.807) is 13.8 Å². The number of H-pyrrole nitrogens is 1. The highest BCUT2D eigenvalue weighted by molar-refractivity contribution is 7.11. The van der Waals surface area contributed by atoms with Gasteiger partial charge in [0.15, 0.2) is 0 Å². The smallest absolute Gasteiger partial charge is 0.326 e. The Hall–Kier alpha value is -1.63. The first-order chi connectivity index (χ1) is 7.45. The Morgan fingerprint density at radius 2 is 2.19 bits per heavy atom. The molecule has 3 N–H and O–H groups in total. The first-order valence-corrected chi connectivity index (χ1v) is 5.50. The van der Waals surface area contributed by atoms with Crippen molar-refractivity contribution in [1.82, 2.24) is 10.3 Å². The normalized spacial score (nSPS) is 12.1. The van der Waals surface area contributed by atoms with Crippen molar-refractivity contribution in [3.05, 3.63) is 20.2 Å². The molecule has 1 amide bonds. The zero-order chi connectivity index (χ0) is 12.3. The number of carboxylic acids is 1. The summed E-state index contributed by atoms with van der Waals surface area (Å²) in [7, 11) is 0. The van der Waals surface area contributed by atoms with Crippen LogP contribution in [0.5, 0.6) is 0 Å². The number of nitrogens with one attached hydrogen (secondary N) is 2. The molecule has 1 rings (SSSR count). The second-order valence-corrected chi connectivity index (χ2v) is 4.22. The van der Waals surface area contributed by atoms with Gasteiger partial charge in [0.25, 0.3) is 5.91 Å². The largest absolute Gasteiger partial charge is 0.480 e. The summed E-state index contributed by atoms with van der Waals surface area (Å²) >= 11 is 0.771. The van der Waals surface area contributed by atoms with Gasteiger partial charge < -0.3 is 15.4 Å². The Morgan fingerprint density at radius 3 is 2.56 bits per heavy atom. The summed E-state index contributed by atoms with van der Waals surface area (Å²) in [6.07, 6.45) is 0.291. The monoisotopic (exact) mass is 244 g/mol. The Labute approximate surface area is 95.3 Å². The Morgan fingerprint density at radius 1 is 1.56 bits per heavy atom. The van der Waals surface area contributed by atoms with E-state index < -0.39 is 17.9 Å². The van der Waals surface area contributed by atoms with E-state index in [0.717, 1.165) is 11.3 Å². The third kappa shape index (κ3) is 2.69. The van der Waals surface area contributed by atoms with E-state index in [1.807, 2.05) is 0 Å². The van der Waals surface area contributed by atoms with Crippen LogP contribution in [0.25, 0.3) is 0 Å². The van der Waals surface area contributed by atoms with Gasteiger partial charge in [-0.05, 0) is 13.3 Å². The van der Waals surface area contributed by atoms with Gasteiger partial charge in [0, 0.05) is 5.69 Å². The highest BCUT2D eigenvalue weighted by atomic mass is 32.1. The maximum atomic E-state index is 11.6. The molecule has 0 bridgehead atoms. The number of aliphatic carboxylic acids is 1. The maximum absolute atomic E-state index is 11.6. The van der Waals surface area contributed by atoms with E-state index in [0.29, 0.717) is 12.1 Å². The van der Waals surface area contributed by atoms with Crippen molar-refractivity contribution in [2.45, 2.75) is 26.3 Å². The number of hydrogen-bond donors (Lipinski definition) is 3. The number of thiazole rings is 1. The molecule has 0 radical (unpaired) electrons. The summed E-state index contributed by atoms with van der Waals surface area (Å²) in [5.41, 5.74) is 0.452. The molecular formula is C9H12N2O4S. The molecule has 7 heteroatoms. The van der Waals surface area contributed by atoms with Crippen molar-refractivity contribution in [1.29, 1.82) is 0 Å². The lowest BCUT2D eigenvalue weighted by Gasteiger charge is -2.11. The first kappa shape index (κ1) is 12.4. The molecule has 0 saturated heterocycles. The number of rotatable bonds is 4. The van der Waals surface area contributed by atoms with E-state index in [-0.39, 0.29) is 9.75 Å². The third-order valence-electron chi connectivity index (χ3n) is 2.04. The predicted molar refractivity (Wildman–Crippen MR) is 58.9 cm³/mol. The number of aromatic amines is 1. The van der Waals surface area contributed by atoms with Crippen molar-refractivity contribution in [2.24, 2.45) is 0 Å². The van der Waals surface area contributed by atoms with Crippen LogP contribution in [-0.4, -0.2) is 28.0 Å². The van der Waals surface area contributed by atoms with Crippen LogP contribution >= 0.6 is 11.3 Å². The number of hydrogen-bond acceptors (Lipinski definition) is 4. The van der Waals surface area contributed by atoms with E-state index in [1.165, 1.54) is 0 Å². The van der Waals surface area contributed by atoms with Gasteiger partial charge in [-0.15, -0.1) is 0 Å². The molecule has 1 heterocycles. The highest BCUT2D eigenvalue weighted by Crippen LogP contribution is 2.08. The average molecular weight is 244 g/mol. The van der Waals surface area contributed by atoms with Crippen LogP contribution in [0.2, 0.25) is 0 Å². The molecule has 1 unspecified atom stereocenters. The van der Waals surface area contributed by atoms with Gasteiger partial charge in [-0.25, -0.2) is 4.79 Å². The number of amides is 1. The van der Waals surface area contributed by atoms with Crippen LogP contribution < -0.4 is 10.2 Å². The topological polar surface area (TPSA) is 99.3 Å². The molecule has 0 fully saturated rings. The van der Waals surface area contributed by atoms with Crippen LogP contribution in [0.3, 0.4) is 0 Å². The van der Waals surface area contributed by atoms with Crippen LogP contribution in [0, 0.1) is 6.92 Å². The van der Waals surface area contributed by atoms with E-state index in [2.05, 4.69) is 10.3 Å². The Balaban J connectivity index is 2.83. The van der Waals surface area contributed by atoms with Crippen molar-refractivity contribution < 1.29 is 14.7 Å². The van der Waals surface area contributed by atoms with Crippen LogP contribution in [0.1, 0.15) is 28.7 Å². The second kappa shape index (κ2) is 4.93. The summed E-state index contributed by atoms with van der Waals surface area (Å²) in [6, 6.07) is -0.927. The van der Waals surface area contributed by atoms with Crippen molar-refractivity contribution in [2.75, 3.05) is 0 Å². The highest BCUT2D eigenvalue weighted by Gasteiger charge is 2.21. The lowest BCUT2D eigenvalue weighted by molar-refractivity contribution is -0.139. The van der Waals surface area contributed by atoms with Crippen LogP contribution in [0.15, 0.2) is 4.79 Å². The SMILES string of the molecule is CCC(NC(=O)c1sc(=O)[nH]c1C)C(=O)O. The summed E-state index contributed by atoms with van der Waals surface area (Å²) in [4.78, 5) is 35.7. The zero-order valence-electron chi connectivity index (χ0n) is 8.86. The first-order valence-electron chi connectivity index (χ1n) is 4.69. The molecule has 0 saturated carbocycles. The lowest BCUT2D eigenvalue weighted by Crippen LogP contribution is -2.40. The van der Waals surface area contributed by atoms with Crippen LogP contribution in [-0.2, 0) is 4.79 Å². The van der Waals surface area contributed by atoms with Crippen molar-refractivity contribution in [3.8, 4) is 0 Å². The Bertz CT molecular complexity index is 462. The molecule has 88 valence electrons. The number of carbonyl (C=O) groups excluding carboxylic acids is 1. The number of aryl methyl sites for hydroxylation is 1. The van der Waals surface area contributed by atoms with E-state index >= 15 is 0 Å². The molecule has 0 spiro atoms. The Kier molecular flexibility index (Phi) is 3.83. The van der Waals surface area contributed by atoms with Crippen molar-refractivity contribution >= 4 is 23.2 Å². The quantitative estimate of drug-likeness (QED) is 0.711. The van der Waals surface area contributed by atoms with Gasteiger partial charge in [-0.3, -0.25) is 9.59 Å². The fraction of sp³-hybridized carbons (Fsp3) is 0.444. The molecule has 1 aromatic rings. The number of carboxylic acid groups (broad SMARTS) is 1. The van der Waals surface area contributed by atoms with Gasteiger partial charge in [0.05, 0.1) is 0 Å². The van der Waals surface area contributed by atoms with Gasteiger partial charge in [0.1, 0.15) is 10.9 Å². The predicted octanol–water partition coefficient (Wildman–Crippen LogP) is 0.338. The molecule has 16 heavy (non-hydrogen) atoms. The molecule has 0 aromatic carbocycles. The average Bonchev–Trinajstić information content (AvgIpc) is 2.53. The van der Waals surface area contributed by atoms with Gasteiger partial charge >= 0.3 is 10.8 Å². The molecule has 0 aliphatic carbocycles. The molecule has 0 aliphatic heterocycles. The van der Waals surface area contributed by atoms with Gasteiger partial charge in [-0.2, -0.15) is 0 Å². The summed E-state index contributed by atoms with van der Waals surface area (Å²) < 4.78 is 0. The minimum absolute atomic E-state index is 0.227. The van der Waals surface area contributed by atoms with Crippen LogP contribution in [0.4, 0.5) is 0 Å². The lowest BCUT2D eigenvalue weighted by atomic mass is 10.2. The van der Waals surface area contributed by atoms with E-state index in [4.69, 9.17) is 5.11 Å². The molecule has 0 aliphatic rings. The van der Waals surface area contributed by atoms with E-state index in [9.17, 15) is 14.4 Å². The minimum atomic E-state index is -1.09. The van der Waals surface area contributed by atoms with Gasteiger partial charge in [0.2, 0.25) is 0 Å². The number of carbonyl (C=O) groups is 2. The third-order valence-corrected chi connectivity index (χ3v) is 3.03. The van der Waals surface area contributed by atoms with Gasteiger partial charge in [-0.1, -0.05) is 18.3 Å². The zero-order valence-corrected chi connectivity index (χ0v) is 9.68. The second-order valence-electron chi connectivity index (χ2n) is 3.24. The fourth-order valence-corrected chi connectivity index (χ4v) is 1.93. The summed E-state index contributed by atoms with van der Waals surface area (Å²) in [5, 5.41) is 11.1. The molecule has 1 atom stereocenters. The molecular weight excluding hydrogens is 232 g/mol. The fourth-order valence-electron chi connectivity index (χ4n) is 1.18. The standard InChI is InChI=1S/C9H12N2O4S/c1-3-5(8(13)14)11-7(12)6-4(2)10-9(15)16-6/h5H,3H2,1-2H3,(H,10,15)(H,11,12)(H,13,14). The minimum Gasteiger partial charge on any atom is -0.480 e. The molecule has 1 aromatic heterocycles. The summed E-state index contributed by atoms with van der Waals surface area (Å²) in [5.74, 6) is -1.62.